The lowest BCUT2D eigenvalue weighted by Crippen LogP contribution is -2.25. The largest absolute Gasteiger partial charge is 0.460 e. The number of nitrogens with zero attached hydrogens (tertiary/aromatic N) is 4. The van der Waals surface area contributed by atoms with Crippen LogP contribution in [0, 0.1) is 6.92 Å². The van der Waals surface area contributed by atoms with Crippen LogP contribution in [0.1, 0.15) is 69.7 Å². The molecule has 3 atom stereocenters. The van der Waals surface area contributed by atoms with Gasteiger partial charge in [0.25, 0.3) is 0 Å². The summed E-state index contributed by atoms with van der Waals surface area (Å²) in [6.07, 6.45) is 0.103. The Labute approximate surface area is 192 Å². The van der Waals surface area contributed by atoms with Crippen molar-refractivity contribution in [2.75, 3.05) is 0 Å². The first-order chi connectivity index (χ1) is 14.5. The van der Waals surface area contributed by atoms with Crippen molar-refractivity contribution >= 4 is 35.0 Å². The van der Waals surface area contributed by atoms with Crippen molar-refractivity contribution in [2.24, 2.45) is 4.99 Å². The molecular weight excluding hydrogens is 432 g/mol. The van der Waals surface area contributed by atoms with Gasteiger partial charge in [0.05, 0.1) is 12.1 Å². The number of esters is 1. The van der Waals surface area contributed by atoms with Gasteiger partial charge in [-0.1, -0.05) is 29.3 Å². The summed E-state index contributed by atoms with van der Waals surface area (Å²) in [5.41, 5.74) is 3.74. The fourth-order valence-electron chi connectivity index (χ4n) is 3.97. The summed E-state index contributed by atoms with van der Waals surface area (Å²) in [5, 5.41) is 9.80. The summed E-state index contributed by atoms with van der Waals surface area (Å²) in [4.78, 5) is 17.8. The van der Waals surface area contributed by atoms with E-state index in [1.54, 1.807) is 0 Å². The van der Waals surface area contributed by atoms with Crippen molar-refractivity contribution in [3.05, 3.63) is 57.6 Å². The van der Waals surface area contributed by atoms with Gasteiger partial charge in [0, 0.05) is 21.4 Å². The normalized spacial score (nSPS) is 23.2. The Hall–Kier alpha value is -2.12. The van der Waals surface area contributed by atoms with Gasteiger partial charge in [-0.15, -0.1) is 22.0 Å². The average molecular weight is 459 g/mol. The second kappa shape index (κ2) is 8.10. The number of rotatable bonds is 3. The van der Waals surface area contributed by atoms with E-state index in [0.29, 0.717) is 16.1 Å². The topological polar surface area (TPSA) is 69.4 Å². The van der Waals surface area contributed by atoms with Gasteiger partial charge in [-0.05, 0) is 53.7 Å². The SMILES string of the molecule is CC1=C2C(c3ccc(Cl)cc3)=NC(CC(=O)OC(C)(C)C)c3nnc(C)n3C2SC1C. The van der Waals surface area contributed by atoms with Crippen molar-refractivity contribution in [1.82, 2.24) is 14.8 Å². The van der Waals surface area contributed by atoms with Crippen LogP contribution in [0.2, 0.25) is 5.02 Å². The van der Waals surface area contributed by atoms with Gasteiger partial charge < -0.3 is 4.74 Å². The van der Waals surface area contributed by atoms with Gasteiger partial charge in [-0.3, -0.25) is 14.4 Å². The summed E-state index contributed by atoms with van der Waals surface area (Å²) < 4.78 is 7.73. The minimum Gasteiger partial charge on any atom is -0.460 e. The van der Waals surface area contributed by atoms with Crippen LogP contribution in [0.4, 0.5) is 0 Å². The minimum absolute atomic E-state index is 0.0121. The zero-order chi connectivity index (χ0) is 22.5. The fourth-order valence-corrected chi connectivity index (χ4v) is 5.63. The lowest BCUT2D eigenvalue weighted by atomic mass is 9.96. The fraction of sp³-hybridized carbons (Fsp3) is 0.478. The highest BCUT2D eigenvalue weighted by Gasteiger charge is 2.40. The molecule has 3 heterocycles. The maximum absolute atomic E-state index is 12.7. The van der Waals surface area contributed by atoms with E-state index < -0.39 is 11.6 Å². The Bertz CT molecular complexity index is 1080. The Morgan fingerprint density at radius 3 is 2.52 bits per heavy atom. The molecule has 1 aromatic heterocycles. The number of aryl methyl sites for hydroxylation is 1. The highest BCUT2D eigenvalue weighted by molar-refractivity contribution is 8.00. The number of halogens is 1. The number of hydrogen-bond acceptors (Lipinski definition) is 6. The average Bonchev–Trinajstić information content (AvgIpc) is 3.14. The van der Waals surface area contributed by atoms with E-state index in [2.05, 4.69) is 28.6 Å². The van der Waals surface area contributed by atoms with Crippen molar-refractivity contribution in [1.29, 1.82) is 0 Å². The number of fused-ring (bicyclic) bond motifs is 3. The Morgan fingerprint density at radius 1 is 1.19 bits per heavy atom. The molecule has 0 N–H and O–H groups in total. The van der Waals surface area contributed by atoms with Crippen molar-refractivity contribution in [3.63, 3.8) is 0 Å². The van der Waals surface area contributed by atoms with Crippen molar-refractivity contribution in [3.8, 4) is 0 Å². The van der Waals surface area contributed by atoms with Gasteiger partial charge in [0.15, 0.2) is 5.82 Å². The van der Waals surface area contributed by atoms with Gasteiger partial charge in [0.2, 0.25) is 0 Å². The lowest BCUT2D eigenvalue weighted by Gasteiger charge is -2.21. The molecule has 31 heavy (non-hydrogen) atoms. The summed E-state index contributed by atoms with van der Waals surface area (Å²) in [6.45, 7) is 11.9. The van der Waals surface area contributed by atoms with Crippen molar-refractivity contribution < 1.29 is 9.53 Å². The molecule has 1 aromatic carbocycles. The zero-order valence-electron chi connectivity index (χ0n) is 18.6. The zero-order valence-corrected chi connectivity index (χ0v) is 20.2. The maximum Gasteiger partial charge on any atom is 0.308 e. The van der Waals surface area contributed by atoms with Crippen LogP contribution < -0.4 is 0 Å². The minimum atomic E-state index is -0.560. The number of thioether (sulfide) groups is 1. The van der Waals surface area contributed by atoms with E-state index in [9.17, 15) is 4.79 Å². The third kappa shape index (κ3) is 4.30. The Morgan fingerprint density at radius 2 is 1.87 bits per heavy atom. The van der Waals surface area contributed by atoms with E-state index in [0.717, 1.165) is 22.7 Å². The summed E-state index contributed by atoms with van der Waals surface area (Å²) >= 11 is 7.99. The number of aliphatic imine (C=N–C) groups is 1. The molecule has 0 bridgehead atoms. The molecule has 8 heteroatoms. The highest BCUT2D eigenvalue weighted by atomic mass is 35.5. The number of benzene rings is 1. The molecule has 2 aliphatic heterocycles. The molecule has 3 unspecified atom stereocenters. The first-order valence-corrected chi connectivity index (χ1v) is 11.7. The molecule has 0 aliphatic carbocycles. The predicted octanol–water partition coefficient (Wildman–Crippen LogP) is 5.47. The van der Waals surface area contributed by atoms with Gasteiger partial charge in [-0.2, -0.15) is 0 Å². The summed E-state index contributed by atoms with van der Waals surface area (Å²) in [5.74, 6) is 1.21. The molecule has 0 saturated heterocycles. The highest BCUT2D eigenvalue weighted by Crippen LogP contribution is 2.50. The van der Waals surface area contributed by atoms with Crippen LogP contribution in [-0.4, -0.2) is 37.3 Å². The molecule has 0 saturated carbocycles. The third-order valence-electron chi connectivity index (χ3n) is 5.48. The lowest BCUT2D eigenvalue weighted by molar-refractivity contribution is -0.155. The summed E-state index contributed by atoms with van der Waals surface area (Å²) in [7, 11) is 0. The molecule has 2 aliphatic rings. The van der Waals surface area contributed by atoms with Crippen LogP contribution in [0.25, 0.3) is 0 Å². The van der Waals surface area contributed by atoms with Gasteiger partial charge in [-0.25, -0.2) is 0 Å². The predicted molar refractivity (Wildman–Crippen MR) is 125 cm³/mol. The quantitative estimate of drug-likeness (QED) is 0.570. The van der Waals surface area contributed by atoms with E-state index in [1.165, 1.54) is 5.57 Å². The Balaban J connectivity index is 1.87. The molecule has 6 nitrogen and oxygen atoms in total. The smallest absolute Gasteiger partial charge is 0.308 e. The van der Waals surface area contributed by atoms with Crippen LogP contribution in [-0.2, 0) is 9.53 Å². The third-order valence-corrected chi connectivity index (χ3v) is 7.20. The Kier molecular flexibility index (Phi) is 5.77. The molecule has 164 valence electrons. The maximum atomic E-state index is 12.7. The van der Waals surface area contributed by atoms with Crippen LogP contribution in [0.5, 0.6) is 0 Å². The molecule has 2 aromatic rings. The number of hydrogen-bond donors (Lipinski definition) is 0. The molecular formula is C23H27ClN4O2S. The molecule has 0 spiro atoms. The second-order valence-corrected chi connectivity index (χ2v) is 10.9. The molecule has 4 rings (SSSR count). The number of aromatic nitrogens is 3. The standard InChI is InChI=1S/C23H27ClN4O2S/c1-12-13(2)31-22-19(12)20(15-7-9-16(24)10-8-15)25-17(11-18(29)30-23(4,5)6)21-27-26-14(3)28(21)22/h7-10,13,17,22H,11H2,1-6H3. The van der Waals surface area contributed by atoms with E-state index in [-0.39, 0.29) is 17.8 Å². The molecule has 0 amide bonds. The molecule has 0 fully saturated rings. The number of carbonyl (C=O) groups is 1. The van der Waals surface area contributed by atoms with Gasteiger partial charge >= 0.3 is 5.97 Å². The van der Waals surface area contributed by atoms with E-state index >= 15 is 0 Å². The van der Waals surface area contributed by atoms with Crippen LogP contribution in [0.3, 0.4) is 0 Å². The molecule has 0 radical (unpaired) electrons. The first kappa shape index (κ1) is 22.1. The monoisotopic (exact) mass is 458 g/mol. The van der Waals surface area contributed by atoms with Gasteiger partial charge in [0.1, 0.15) is 22.8 Å². The van der Waals surface area contributed by atoms with Crippen molar-refractivity contribution in [2.45, 2.75) is 70.2 Å². The van der Waals surface area contributed by atoms with Crippen LogP contribution >= 0.6 is 23.4 Å². The summed E-state index contributed by atoms with van der Waals surface area (Å²) in [6, 6.07) is 7.22. The van der Waals surface area contributed by atoms with E-state index in [4.69, 9.17) is 21.3 Å². The first-order valence-electron chi connectivity index (χ1n) is 10.4. The number of ether oxygens (including phenoxy) is 1. The van der Waals surface area contributed by atoms with E-state index in [1.807, 2.05) is 63.7 Å². The number of carbonyl (C=O) groups excluding carboxylic acids is 1. The second-order valence-electron chi connectivity index (χ2n) is 8.99. The van der Waals surface area contributed by atoms with Crippen LogP contribution in [0.15, 0.2) is 40.4 Å².